The summed E-state index contributed by atoms with van der Waals surface area (Å²) in [5.41, 5.74) is -2.64. The van der Waals surface area contributed by atoms with E-state index in [0.29, 0.717) is 0 Å². The van der Waals surface area contributed by atoms with Crippen molar-refractivity contribution < 1.29 is 20.1 Å². The Hall–Kier alpha value is -0.450. The predicted octanol–water partition coefficient (Wildman–Crippen LogP) is -0.152. The Morgan fingerprint density at radius 3 is 2.36 bits per heavy atom. The Balaban J connectivity index is 2.81. The lowest BCUT2D eigenvalue weighted by atomic mass is 9.71. The molecule has 0 aliphatic heterocycles. The Bertz CT molecular complexity index is 239. The van der Waals surface area contributed by atoms with Crippen LogP contribution in [0.25, 0.3) is 0 Å². The van der Waals surface area contributed by atoms with Gasteiger partial charge >= 0.3 is 0 Å². The van der Waals surface area contributed by atoms with Crippen LogP contribution in [0.3, 0.4) is 0 Å². The third kappa shape index (κ3) is 1.97. The number of hydrogen-bond acceptors (Lipinski definition) is 4. The van der Waals surface area contributed by atoms with E-state index in [-0.39, 0.29) is 18.8 Å². The van der Waals surface area contributed by atoms with Crippen molar-refractivity contribution in [3.8, 4) is 0 Å². The third-order valence-electron chi connectivity index (χ3n) is 3.15. The molecule has 0 unspecified atom stereocenters. The molecule has 1 aliphatic rings. The van der Waals surface area contributed by atoms with E-state index in [4.69, 9.17) is 0 Å². The molecule has 4 nitrogen and oxygen atoms in total. The van der Waals surface area contributed by atoms with Gasteiger partial charge in [0.2, 0.25) is 0 Å². The van der Waals surface area contributed by atoms with Crippen molar-refractivity contribution in [2.45, 2.75) is 50.9 Å². The Labute approximate surface area is 83.6 Å². The molecular formula is C10H18O4. The zero-order valence-electron chi connectivity index (χ0n) is 8.82. The van der Waals surface area contributed by atoms with Crippen LogP contribution in [-0.4, -0.2) is 38.4 Å². The van der Waals surface area contributed by atoms with E-state index in [1.54, 1.807) is 13.8 Å². The van der Waals surface area contributed by atoms with Crippen molar-refractivity contribution in [2.24, 2.45) is 5.92 Å². The van der Waals surface area contributed by atoms with Crippen LogP contribution in [0.15, 0.2) is 0 Å². The van der Waals surface area contributed by atoms with Gasteiger partial charge in [-0.05, 0) is 33.1 Å². The summed E-state index contributed by atoms with van der Waals surface area (Å²) in [6.07, 6.45) is -0.712. The minimum atomic E-state index is -1.65. The molecule has 82 valence electrons. The van der Waals surface area contributed by atoms with Gasteiger partial charge in [0.25, 0.3) is 0 Å². The first-order valence-corrected chi connectivity index (χ1v) is 4.82. The van der Waals surface area contributed by atoms with Gasteiger partial charge in [-0.2, -0.15) is 0 Å². The van der Waals surface area contributed by atoms with E-state index in [2.05, 4.69) is 0 Å². The number of aliphatic hydroxyl groups is 3. The first-order chi connectivity index (χ1) is 6.15. The first-order valence-electron chi connectivity index (χ1n) is 4.82. The lowest BCUT2D eigenvalue weighted by Crippen LogP contribution is -2.55. The normalized spacial score (nSPS) is 40.0. The van der Waals surface area contributed by atoms with Gasteiger partial charge in [0.1, 0.15) is 5.60 Å². The van der Waals surface area contributed by atoms with Gasteiger partial charge < -0.3 is 15.3 Å². The highest BCUT2D eigenvalue weighted by atomic mass is 16.3. The summed E-state index contributed by atoms with van der Waals surface area (Å²) >= 11 is 0. The molecule has 0 spiro atoms. The van der Waals surface area contributed by atoms with Crippen LogP contribution in [0, 0.1) is 5.92 Å². The minimum absolute atomic E-state index is 0.119. The fourth-order valence-corrected chi connectivity index (χ4v) is 1.74. The maximum Gasteiger partial charge on any atom is 0.167 e. The monoisotopic (exact) mass is 202 g/mol. The molecule has 0 saturated heterocycles. The molecule has 0 heterocycles. The van der Waals surface area contributed by atoms with E-state index < -0.39 is 23.1 Å². The molecule has 4 heteroatoms. The zero-order chi connectivity index (χ0) is 11.1. The van der Waals surface area contributed by atoms with Gasteiger partial charge in [0, 0.05) is 6.42 Å². The van der Waals surface area contributed by atoms with Crippen LogP contribution >= 0.6 is 0 Å². The number of aliphatic hydroxyl groups excluding tert-OH is 1. The quantitative estimate of drug-likeness (QED) is 0.552. The minimum Gasteiger partial charge on any atom is -0.390 e. The van der Waals surface area contributed by atoms with Gasteiger partial charge in [0.15, 0.2) is 5.78 Å². The standard InChI is InChI=1S/C10H18O4/c1-9(2,13)6-4-7(11)10(3,14)8(12)5-6/h6-7,11,13-14H,4-5H2,1-3H3/t6-,7-,10-/m0/s1. The second-order valence-electron chi connectivity index (χ2n) is 4.88. The largest absolute Gasteiger partial charge is 0.390 e. The van der Waals surface area contributed by atoms with E-state index >= 15 is 0 Å². The Morgan fingerprint density at radius 1 is 1.50 bits per heavy atom. The van der Waals surface area contributed by atoms with E-state index in [1.165, 1.54) is 6.92 Å². The first kappa shape index (κ1) is 11.6. The molecule has 0 amide bonds. The fourth-order valence-electron chi connectivity index (χ4n) is 1.74. The molecule has 0 aromatic carbocycles. The second kappa shape index (κ2) is 3.29. The molecule has 3 atom stereocenters. The van der Waals surface area contributed by atoms with E-state index in [1.807, 2.05) is 0 Å². The van der Waals surface area contributed by atoms with Crippen LogP contribution in [0.1, 0.15) is 33.6 Å². The number of ketones is 1. The second-order valence-corrected chi connectivity index (χ2v) is 4.88. The summed E-state index contributed by atoms with van der Waals surface area (Å²) in [5.74, 6) is -0.686. The SMILES string of the molecule is CC(C)(O)[C@@H]1CC(=O)[C@@](C)(O)[C@@H](O)C1. The lowest BCUT2D eigenvalue weighted by Gasteiger charge is -2.40. The summed E-state index contributed by atoms with van der Waals surface area (Å²) in [4.78, 5) is 11.5. The maximum absolute atomic E-state index is 11.5. The molecule has 3 N–H and O–H groups in total. The average Bonchev–Trinajstić information content (AvgIpc) is 1.98. The molecule has 14 heavy (non-hydrogen) atoms. The van der Waals surface area contributed by atoms with E-state index in [9.17, 15) is 20.1 Å². The van der Waals surface area contributed by atoms with Crippen molar-refractivity contribution in [3.63, 3.8) is 0 Å². The van der Waals surface area contributed by atoms with Gasteiger partial charge in [-0.1, -0.05) is 0 Å². The van der Waals surface area contributed by atoms with Gasteiger partial charge in [0.05, 0.1) is 11.7 Å². The maximum atomic E-state index is 11.5. The molecule has 1 saturated carbocycles. The number of carbonyl (C=O) groups excluding carboxylic acids is 1. The number of carbonyl (C=O) groups is 1. The Morgan fingerprint density at radius 2 is 2.00 bits per heavy atom. The van der Waals surface area contributed by atoms with Gasteiger partial charge in [-0.15, -0.1) is 0 Å². The molecular weight excluding hydrogens is 184 g/mol. The van der Waals surface area contributed by atoms with Crippen LogP contribution in [0.2, 0.25) is 0 Å². The van der Waals surface area contributed by atoms with Crippen LogP contribution in [0.5, 0.6) is 0 Å². The highest BCUT2D eigenvalue weighted by Gasteiger charge is 2.47. The van der Waals surface area contributed by atoms with Gasteiger partial charge in [-0.25, -0.2) is 0 Å². The lowest BCUT2D eigenvalue weighted by molar-refractivity contribution is -0.164. The highest BCUT2D eigenvalue weighted by molar-refractivity contribution is 5.88. The number of rotatable bonds is 1. The molecule has 1 fully saturated rings. The smallest absolute Gasteiger partial charge is 0.167 e. The molecule has 1 aliphatic carbocycles. The summed E-state index contributed by atoms with van der Waals surface area (Å²) in [7, 11) is 0. The topological polar surface area (TPSA) is 77.8 Å². The average molecular weight is 202 g/mol. The predicted molar refractivity (Wildman–Crippen MR) is 50.7 cm³/mol. The van der Waals surface area contributed by atoms with E-state index in [0.717, 1.165) is 0 Å². The third-order valence-corrected chi connectivity index (χ3v) is 3.15. The van der Waals surface area contributed by atoms with Crippen molar-refractivity contribution in [1.82, 2.24) is 0 Å². The number of Topliss-reactive ketones (excluding diaryl/α,β-unsaturated/α-hetero) is 1. The van der Waals surface area contributed by atoms with Gasteiger partial charge in [-0.3, -0.25) is 4.79 Å². The summed E-state index contributed by atoms with van der Waals surface area (Å²) in [5, 5.41) is 28.9. The molecule has 0 bridgehead atoms. The molecule has 0 radical (unpaired) electrons. The van der Waals surface area contributed by atoms with Crippen molar-refractivity contribution in [2.75, 3.05) is 0 Å². The number of hydrogen-bond donors (Lipinski definition) is 3. The molecule has 0 aromatic rings. The van der Waals surface area contributed by atoms with Crippen molar-refractivity contribution >= 4 is 5.78 Å². The molecule has 1 rings (SSSR count). The highest BCUT2D eigenvalue weighted by Crippen LogP contribution is 2.35. The van der Waals surface area contributed by atoms with Crippen LogP contribution in [-0.2, 0) is 4.79 Å². The van der Waals surface area contributed by atoms with Crippen molar-refractivity contribution in [3.05, 3.63) is 0 Å². The fraction of sp³-hybridized carbons (Fsp3) is 0.900. The Kier molecular flexibility index (Phi) is 2.73. The molecule has 0 aromatic heterocycles. The summed E-state index contributed by atoms with van der Waals surface area (Å²) in [6, 6.07) is 0. The van der Waals surface area contributed by atoms with Crippen LogP contribution < -0.4 is 0 Å². The summed E-state index contributed by atoms with van der Waals surface area (Å²) in [6.45, 7) is 4.54. The van der Waals surface area contributed by atoms with Crippen molar-refractivity contribution in [1.29, 1.82) is 0 Å². The zero-order valence-corrected chi connectivity index (χ0v) is 8.82. The van der Waals surface area contributed by atoms with Crippen LogP contribution in [0.4, 0.5) is 0 Å². The summed E-state index contributed by atoms with van der Waals surface area (Å²) < 4.78 is 0.